The first-order chi connectivity index (χ1) is 7.66. The van der Waals surface area contributed by atoms with Crippen molar-refractivity contribution in [2.75, 3.05) is 6.61 Å². The normalized spacial score (nSPS) is 19.8. The Labute approximate surface area is 105 Å². The highest BCUT2D eigenvalue weighted by molar-refractivity contribution is 9.10. The van der Waals surface area contributed by atoms with Gasteiger partial charge < -0.3 is 4.74 Å². The van der Waals surface area contributed by atoms with Crippen LogP contribution in [0.2, 0.25) is 0 Å². The van der Waals surface area contributed by atoms with Gasteiger partial charge in [0.15, 0.2) is 5.90 Å². The summed E-state index contributed by atoms with van der Waals surface area (Å²) in [5.74, 6) is 1.42. The fourth-order valence-electron chi connectivity index (χ4n) is 1.68. The second kappa shape index (κ2) is 5.00. The Morgan fingerprint density at radius 2 is 2.19 bits per heavy atom. The van der Waals surface area contributed by atoms with Crippen molar-refractivity contribution in [3.05, 3.63) is 34.3 Å². The van der Waals surface area contributed by atoms with Gasteiger partial charge in [0.25, 0.3) is 0 Å². The van der Waals surface area contributed by atoms with E-state index in [-0.39, 0.29) is 0 Å². The number of halogens is 1. The van der Waals surface area contributed by atoms with E-state index in [0.717, 1.165) is 23.4 Å². The number of hydrogen-bond acceptors (Lipinski definition) is 2. The topological polar surface area (TPSA) is 21.6 Å². The molecule has 1 aromatic carbocycles. The van der Waals surface area contributed by atoms with Crippen LogP contribution >= 0.6 is 15.9 Å². The van der Waals surface area contributed by atoms with Crippen LogP contribution in [0, 0.1) is 5.92 Å². The number of ether oxygens (including phenoxy) is 1. The Bertz CT molecular complexity index is 401. The van der Waals surface area contributed by atoms with Gasteiger partial charge in [-0.15, -0.1) is 0 Å². The maximum absolute atomic E-state index is 5.61. The van der Waals surface area contributed by atoms with Crippen molar-refractivity contribution in [3.63, 3.8) is 0 Å². The predicted molar refractivity (Wildman–Crippen MR) is 69.9 cm³/mol. The lowest BCUT2D eigenvalue weighted by atomic mass is 10.1. The Kier molecular flexibility index (Phi) is 3.64. The summed E-state index contributed by atoms with van der Waals surface area (Å²) in [5.41, 5.74) is 1.23. The molecule has 0 bridgehead atoms. The number of benzene rings is 1. The lowest BCUT2D eigenvalue weighted by Gasteiger charge is -2.06. The molecule has 0 amide bonds. The molecule has 1 aliphatic rings. The van der Waals surface area contributed by atoms with Gasteiger partial charge in [-0.05, 0) is 17.5 Å². The summed E-state index contributed by atoms with van der Waals surface area (Å²) in [5, 5.41) is 0. The Morgan fingerprint density at radius 3 is 2.81 bits per heavy atom. The average molecular weight is 282 g/mol. The van der Waals surface area contributed by atoms with Gasteiger partial charge in [0, 0.05) is 10.9 Å². The summed E-state index contributed by atoms with van der Waals surface area (Å²) in [6.07, 6.45) is 0.782. The van der Waals surface area contributed by atoms with Crippen LogP contribution in [-0.2, 0) is 11.2 Å². The van der Waals surface area contributed by atoms with Crippen LogP contribution in [0.3, 0.4) is 0 Å². The SMILES string of the molecule is CC(C)[C@@H]1COC(Cc2ccccc2Br)=N1. The monoisotopic (exact) mass is 281 g/mol. The van der Waals surface area contributed by atoms with E-state index in [1.807, 2.05) is 18.2 Å². The average Bonchev–Trinajstić information content (AvgIpc) is 2.70. The zero-order chi connectivity index (χ0) is 11.5. The molecule has 0 aliphatic carbocycles. The van der Waals surface area contributed by atoms with Crippen molar-refractivity contribution in [1.29, 1.82) is 0 Å². The maximum atomic E-state index is 5.61. The van der Waals surface area contributed by atoms with Crippen molar-refractivity contribution in [2.24, 2.45) is 10.9 Å². The molecule has 1 aliphatic heterocycles. The van der Waals surface area contributed by atoms with Gasteiger partial charge in [-0.25, -0.2) is 4.99 Å². The van der Waals surface area contributed by atoms with Crippen LogP contribution in [0.4, 0.5) is 0 Å². The van der Waals surface area contributed by atoms with Gasteiger partial charge in [-0.2, -0.15) is 0 Å². The third-order valence-corrected chi connectivity index (χ3v) is 3.57. The standard InChI is InChI=1S/C13H16BrNO/c1-9(2)12-8-16-13(15-12)7-10-5-3-4-6-11(10)14/h3-6,9,12H,7-8H2,1-2H3/t12-/m0/s1. The van der Waals surface area contributed by atoms with Gasteiger partial charge in [0.05, 0.1) is 6.04 Å². The van der Waals surface area contributed by atoms with E-state index in [9.17, 15) is 0 Å². The Hall–Kier alpha value is -0.830. The molecular formula is C13H16BrNO. The summed E-state index contributed by atoms with van der Waals surface area (Å²) >= 11 is 3.54. The van der Waals surface area contributed by atoms with Gasteiger partial charge in [-0.3, -0.25) is 0 Å². The maximum Gasteiger partial charge on any atom is 0.188 e. The minimum atomic E-state index is 0.331. The van der Waals surface area contributed by atoms with E-state index >= 15 is 0 Å². The third-order valence-electron chi connectivity index (χ3n) is 2.80. The van der Waals surface area contributed by atoms with Crippen molar-refractivity contribution in [2.45, 2.75) is 26.3 Å². The summed E-state index contributed by atoms with van der Waals surface area (Å²) in [6, 6.07) is 8.53. The molecule has 0 N–H and O–H groups in total. The molecule has 0 saturated heterocycles. The number of hydrogen-bond donors (Lipinski definition) is 0. The van der Waals surface area contributed by atoms with Gasteiger partial charge in [0.2, 0.25) is 0 Å². The first kappa shape index (κ1) is 11.6. The zero-order valence-electron chi connectivity index (χ0n) is 9.61. The van der Waals surface area contributed by atoms with Crippen LogP contribution in [0.25, 0.3) is 0 Å². The molecule has 2 rings (SSSR count). The minimum Gasteiger partial charge on any atom is -0.478 e. The Morgan fingerprint density at radius 1 is 1.44 bits per heavy atom. The van der Waals surface area contributed by atoms with Crippen molar-refractivity contribution < 1.29 is 4.74 Å². The van der Waals surface area contributed by atoms with Crippen LogP contribution < -0.4 is 0 Å². The third kappa shape index (κ3) is 2.64. The van der Waals surface area contributed by atoms with Crippen molar-refractivity contribution in [3.8, 4) is 0 Å². The minimum absolute atomic E-state index is 0.331. The lowest BCUT2D eigenvalue weighted by molar-refractivity contribution is 0.287. The highest BCUT2D eigenvalue weighted by atomic mass is 79.9. The molecule has 0 fully saturated rings. The fraction of sp³-hybridized carbons (Fsp3) is 0.462. The van der Waals surface area contributed by atoms with Crippen LogP contribution in [0.5, 0.6) is 0 Å². The van der Waals surface area contributed by atoms with E-state index in [1.54, 1.807) is 0 Å². The molecule has 1 aromatic rings. The summed E-state index contributed by atoms with van der Waals surface area (Å²) < 4.78 is 6.73. The van der Waals surface area contributed by atoms with Crippen LogP contribution in [-0.4, -0.2) is 18.5 Å². The molecular weight excluding hydrogens is 266 g/mol. The number of nitrogens with zero attached hydrogens (tertiary/aromatic N) is 1. The number of rotatable bonds is 3. The smallest absolute Gasteiger partial charge is 0.188 e. The molecule has 86 valence electrons. The first-order valence-electron chi connectivity index (χ1n) is 5.59. The summed E-state index contributed by atoms with van der Waals surface area (Å²) in [4.78, 5) is 4.60. The van der Waals surface area contributed by atoms with E-state index in [0.29, 0.717) is 12.0 Å². The lowest BCUT2D eigenvalue weighted by Crippen LogP contribution is -2.13. The zero-order valence-corrected chi connectivity index (χ0v) is 11.2. The molecule has 1 heterocycles. The molecule has 2 nitrogen and oxygen atoms in total. The molecule has 0 radical (unpaired) electrons. The van der Waals surface area contributed by atoms with E-state index in [1.165, 1.54) is 5.56 Å². The van der Waals surface area contributed by atoms with Crippen molar-refractivity contribution in [1.82, 2.24) is 0 Å². The van der Waals surface area contributed by atoms with Crippen molar-refractivity contribution >= 4 is 21.8 Å². The van der Waals surface area contributed by atoms with E-state index < -0.39 is 0 Å². The largest absolute Gasteiger partial charge is 0.478 e. The molecule has 1 atom stereocenters. The van der Waals surface area contributed by atoms with E-state index in [2.05, 4.69) is 40.8 Å². The van der Waals surface area contributed by atoms with Gasteiger partial charge >= 0.3 is 0 Å². The molecule has 0 unspecified atom stereocenters. The highest BCUT2D eigenvalue weighted by Gasteiger charge is 2.21. The second-order valence-corrected chi connectivity index (χ2v) is 5.27. The molecule has 16 heavy (non-hydrogen) atoms. The first-order valence-corrected chi connectivity index (χ1v) is 6.39. The van der Waals surface area contributed by atoms with Crippen LogP contribution in [0.1, 0.15) is 19.4 Å². The van der Waals surface area contributed by atoms with Gasteiger partial charge in [-0.1, -0.05) is 48.0 Å². The molecule has 0 spiro atoms. The van der Waals surface area contributed by atoms with Crippen LogP contribution in [0.15, 0.2) is 33.7 Å². The molecule has 0 saturated carbocycles. The van der Waals surface area contributed by atoms with E-state index in [4.69, 9.17) is 4.74 Å². The predicted octanol–water partition coefficient (Wildman–Crippen LogP) is 3.44. The molecule has 0 aromatic heterocycles. The fourth-order valence-corrected chi connectivity index (χ4v) is 2.11. The number of aliphatic imine (C=N–C) groups is 1. The second-order valence-electron chi connectivity index (χ2n) is 4.41. The quantitative estimate of drug-likeness (QED) is 0.832. The molecule has 3 heteroatoms. The summed E-state index contributed by atoms with van der Waals surface area (Å²) in [7, 11) is 0. The van der Waals surface area contributed by atoms with Gasteiger partial charge in [0.1, 0.15) is 6.61 Å². The Balaban J connectivity index is 2.07. The highest BCUT2D eigenvalue weighted by Crippen LogP contribution is 2.20. The summed E-state index contributed by atoms with van der Waals surface area (Å²) in [6.45, 7) is 5.09.